The molecule has 2 aliphatic heterocycles. The predicted octanol–water partition coefficient (Wildman–Crippen LogP) is 3.42. The number of hydrogen-bond acceptors (Lipinski definition) is 9. The normalized spacial score (nSPS) is 24.6. The summed E-state index contributed by atoms with van der Waals surface area (Å²) in [6, 6.07) is 4.07. The minimum atomic E-state index is -4.33. The molecule has 0 fully saturated rings. The number of nitrogens with two attached hydrogens (primary N) is 1. The highest BCUT2D eigenvalue weighted by Gasteiger charge is 2.59. The summed E-state index contributed by atoms with van der Waals surface area (Å²) in [6.07, 6.45) is 6.93. The van der Waals surface area contributed by atoms with E-state index in [1.54, 1.807) is 59.8 Å². The Labute approximate surface area is 238 Å². The van der Waals surface area contributed by atoms with Gasteiger partial charge in [0.2, 0.25) is 10.0 Å². The van der Waals surface area contributed by atoms with Crippen molar-refractivity contribution in [3.8, 4) is 5.75 Å². The Bertz CT molecular complexity index is 1240. The summed E-state index contributed by atoms with van der Waals surface area (Å²) < 4.78 is 46.5. The van der Waals surface area contributed by atoms with Crippen LogP contribution in [0.2, 0.25) is 0 Å². The van der Waals surface area contributed by atoms with Crippen LogP contribution in [0, 0.1) is 0 Å². The second kappa shape index (κ2) is 11.9. The quantitative estimate of drug-likeness (QED) is 0.385. The van der Waals surface area contributed by atoms with Crippen molar-refractivity contribution >= 4 is 22.0 Å². The van der Waals surface area contributed by atoms with Gasteiger partial charge in [-0.3, -0.25) is 0 Å². The van der Waals surface area contributed by atoms with Gasteiger partial charge in [0.05, 0.1) is 12.0 Å². The number of carbonyl (C=O) groups is 2. The lowest BCUT2D eigenvalue weighted by molar-refractivity contribution is -0.167. The Morgan fingerprint density at radius 2 is 1.65 bits per heavy atom. The average Bonchev–Trinajstić information content (AvgIpc) is 3.19. The number of esters is 2. The SMILES string of the molecule is COc1ccc(S(=O)(=O)N2CC=CCC(N)C2(C(=O)OC(C)(C)C)C2=CCCCC(C(=O)OC(C)(C)C)N2)cc1. The van der Waals surface area contributed by atoms with E-state index in [0.717, 1.165) is 4.31 Å². The Morgan fingerprint density at radius 3 is 2.23 bits per heavy atom. The van der Waals surface area contributed by atoms with Crippen molar-refractivity contribution in [1.82, 2.24) is 9.62 Å². The van der Waals surface area contributed by atoms with Crippen LogP contribution in [-0.4, -0.2) is 67.1 Å². The first kappa shape index (κ1) is 31.6. The molecular formula is C29H43N3O7S. The highest BCUT2D eigenvalue weighted by atomic mass is 32.2. The number of ether oxygens (including phenoxy) is 3. The number of hydrogen-bond donors (Lipinski definition) is 2. The van der Waals surface area contributed by atoms with Crippen LogP contribution in [0.25, 0.3) is 0 Å². The van der Waals surface area contributed by atoms with Gasteiger partial charge in [0.1, 0.15) is 23.0 Å². The summed E-state index contributed by atoms with van der Waals surface area (Å²) in [5.41, 5.74) is 3.30. The van der Waals surface area contributed by atoms with E-state index in [2.05, 4.69) is 5.32 Å². The first-order valence-corrected chi connectivity index (χ1v) is 15.0. The lowest BCUT2D eigenvalue weighted by atomic mass is 9.84. The maximum absolute atomic E-state index is 14.4. The van der Waals surface area contributed by atoms with Gasteiger partial charge in [0.15, 0.2) is 5.54 Å². The molecule has 0 radical (unpaired) electrons. The second-order valence-corrected chi connectivity index (χ2v) is 13.9. The third kappa shape index (κ3) is 6.87. The van der Waals surface area contributed by atoms with Gasteiger partial charge in [-0.2, -0.15) is 4.31 Å². The van der Waals surface area contributed by atoms with Crippen molar-refractivity contribution in [1.29, 1.82) is 0 Å². The van der Waals surface area contributed by atoms with Crippen molar-refractivity contribution in [2.24, 2.45) is 5.73 Å². The fourth-order valence-electron chi connectivity index (χ4n) is 4.83. The number of rotatable bonds is 6. The lowest BCUT2D eigenvalue weighted by Crippen LogP contribution is -2.70. The van der Waals surface area contributed by atoms with Crippen LogP contribution in [0.4, 0.5) is 0 Å². The average molecular weight is 578 g/mol. The van der Waals surface area contributed by atoms with Crippen LogP contribution in [0.5, 0.6) is 5.75 Å². The molecule has 0 saturated heterocycles. The van der Waals surface area contributed by atoms with Crippen LogP contribution in [0.15, 0.2) is 53.1 Å². The van der Waals surface area contributed by atoms with Crippen LogP contribution in [0.3, 0.4) is 0 Å². The fourth-order valence-corrected chi connectivity index (χ4v) is 6.54. The first-order chi connectivity index (χ1) is 18.5. The molecule has 3 N–H and O–H groups in total. The topological polar surface area (TPSA) is 137 Å². The first-order valence-electron chi connectivity index (χ1n) is 13.5. The van der Waals surface area contributed by atoms with E-state index >= 15 is 0 Å². The van der Waals surface area contributed by atoms with Crippen molar-refractivity contribution in [2.45, 2.75) is 101 Å². The molecule has 10 nitrogen and oxygen atoms in total. The van der Waals surface area contributed by atoms with E-state index in [0.29, 0.717) is 25.0 Å². The third-order valence-electron chi connectivity index (χ3n) is 6.59. The molecule has 0 amide bonds. The summed E-state index contributed by atoms with van der Waals surface area (Å²) in [6.45, 7) is 10.3. The monoisotopic (exact) mass is 577 g/mol. The third-order valence-corrected chi connectivity index (χ3v) is 8.48. The Kier molecular flexibility index (Phi) is 9.43. The van der Waals surface area contributed by atoms with E-state index in [-0.39, 0.29) is 23.6 Å². The molecule has 2 heterocycles. The molecule has 2 aliphatic rings. The highest BCUT2D eigenvalue weighted by Crippen LogP contribution is 2.39. The molecule has 0 saturated carbocycles. The summed E-state index contributed by atoms with van der Waals surface area (Å²) >= 11 is 0. The maximum atomic E-state index is 14.4. The molecule has 0 bridgehead atoms. The summed E-state index contributed by atoms with van der Waals surface area (Å²) in [5.74, 6) is -0.834. The molecule has 11 heteroatoms. The number of sulfonamides is 1. The molecule has 0 aromatic heterocycles. The Hall–Kier alpha value is -2.89. The summed E-state index contributed by atoms with van der Waals surface area (Å²) in [4.78, 5) is 27.5. The molecule has 3 unspecified atom stereocenters. The van der Waals surface area contributed by atoms with Gasteiger partial charge >= 0.3 is 11.9 Å². The number of allylic oxidation sites excluding steroid dienone is 1. The number of benzene rings is 1. The zero-order valence-corrected chi connectivity index (χ0v) is 25.3. The van der Waals surface area contributed by atoms with Gasteiger partial charge in [-0.1, -0.05) is 18.2 Å². The molecule has 1 aromatic rings. The van der Waals surface area contributed by atoms with E-state index in [4.69, 9.17) is 19.9 Å². The molecule has 40 heavy (non-hydrogen) atoms. The Morgan fingerprint density at radius 1 is 1.02 bits per heavy atom. The fraction of sp³-hybridized carbons (Fsp3) is 0.586. The number of nitrogens with one attached hydrogen (secondary N) is 1. The van der Waals surface area contributed by atoms with Gasteiger partial charge in [-0.05, 0) is 91.5 Å². The lowest BCUT2D eigenvalue weighted by Gasteiger charge is -2.46. The number of methoxy groups -OCH3 is 1. The molecule has 1 aromatic carbocycles. The second-order valence-electron chi connectivity index (χ2n) is 12.1. The van der Waals surface area contributed by atoms with Crippen LogP contribution < -0.4 is 15.8 Å². The summed E-state index contributed by atoms with van der Waals surface area (Å²) in [5, 5.41) is 3.20. The van der Waals surface area contributed by atoms with Gasteiger partial charge in [-0.25, -0.2) is 18.0 Å². The van der Waals surface area contributed by atoms with Crippen molar-refractivity contribution in [3.63, 3.8) is 0 Å². The van der Waals surface area contributed by atoms with E-state index in [1.165, 1.54) is 31.4 Å². The highest BCUT2D eigenvalue weighted by molar-refractivity contribution is 7.89. The standard InChI is InChI=1S/C29H43N3O7S/c1-27(2,3)38-25(33)22-12-8-9-14-24(31-22)29(26(34)39-28(4,5)6)23(30)13-10-11-19-32(29)40(35,36)21-17-15-20(37-7)16-18-21/h10-11,14-18,22-23,31H,8-9,12-13,19,30H2,1-7H3. The minimum Gasteiger partial charge on any atom is -0.497 e. The van der Waals surface area contributed by atoms with E-state index in [9.17, 15) is 18.0 Å². The maximum Gasteiger partial charge on any atom is 0.335 e. The largest absolute Gasteiger partial charge is 0.497 e. The van der Waals surface area contributed by atoms with Crippen molar-refractivity contribution < 1.29 is 32.2 Å². The minimum absolute atomic E-state index is 0.0401. The molecule has 0 spiro atoms. The van der Waals surface area contributed by atoms with E-state index in [1.807, 2.05) is 0 Å². The molecule has 0 aliphatic carbocycles. The molecule has 3 atom stereocenters. The van der Waals surface area contributed by atoms with Gasteiger partial charge < -0.3 is 25.3 Å². The smallest absolute Gasteiger partial charge is 0.335 e. The molecule has 222 valence electrons. The van der Waals surface area contributed by atoms with Crippen molar-refractivity contribution in [3.05, 3.63) is 48.2 Å². The van der Waals surface area contributed by atoms with Crippen LogP contribution in [-0.2, 0) is 29.1 Å². The van der Waals surface area contributed by atoms with Crippen LogP contribution >= 0.6 is 0 Å². The molecule has 3 rings (SSSR count). The Balaban J connectivity index is 2.24. The van der Waals surface area contributed by atoms with Gasteiger partial charge in [0.25, 0.3) is 0 Å². The van der Waals surface area contributed by atoms with Gasteiger partial charge in [0, 0.05) is 18.3 Å². The number of carbonyl (C=O) groups excluding carboxylic acids is 2. The summed E-state index contributed by atoms with van der Waals surface area (Å²) in [7, 11) is -2.84. The van der Waals surface area contributed by atoms with Crippen molar-refractivity contribution in [2.75, 3.05) is 13.7 Å². The predicted molar refractivity (Wildman–Crippen MR) is 152 cm³/mol. The number of nitrogens with zero attached hydrogens (tertiary/aromatic N) is 1. The zero-order valence-electron chi connectivity index (χ0n) is 24.5. The molecular weight excluding hydrogens is 534 g/mol. The zero-order chi connectivity index (χ0) is 29.9. The van der Waals surface area contributed by atoms with Gasteiger partial charge in [-0.15, -0.1) is 0 Å². The van der Waals surface area contributed by atoms with Crippen LogP contribution in [0.1, 0.15) is 67.2 Å². The van der Waals surface area contributed by atoms with E-state index < -0.39 is 50.8 Å².